The van der Waals surface area contributed by atoms with Gasteiger partial charge in [-0.1, -0.05) is 77.8 Å². The number of rotatable bonds is 15. The highest BCUT2D eigenvalue weighted by atomic mass is 79.9. The Morgan fingerprint density at radius 2 is 1.76 bits per heavy atom. The molecule has 2 unspecified atom stereocenters. The summed E-state index contributed by atoms with van der Waals surface area (Å²) >= 11 is 3.43. The number of nitrogens with zero attached hydrogens (tertiary/aromatic N) is 2. The molecule has 4 amide bonds. The molecule has 50 heavy (non-hydrogen) atoms. The fourth-order valence-electron chi connectivity index (χ4n) is 6.11. The number of ether oxygens (including phenoxy) is 3. The van der Waals surface area contributed by atoms with Crippen LogP contribution in [0.5, 0.6) is 11.5 Å². The van der Waals surface area contributed by atoms with E-state index < -0.39 is 18.1 Å². The van der Waals surface area contributed by atoms with Gasteiger partial charge in [0.25, 0.3) is 0 Å². The number of unbranched alkanes of at least 4 members (excludes halogenated alkanes) is 1. The maximum Gasteiger partial charge on any atom is 0.338 e. The molecule has 3 aromatic rings. The normalized spacial score (nSPS) is 15.7. The summed E-state index contributed by atoms with van der Waals surface area (Å²) in [6.07, 6.45) is 2.02. The van der Waals surface area contributed by atoms with Crippen molar-refractivity contribution in [2.24, 2.45) is 0 Å². The van der Waals surface area contributed by atoms with Gasteiger partial charge in [-0.05, 0) is 67.6 Å². The Morgan fingerprint density at radius 1 is 1.02 bits per heavy atom. The van der Waals surface area contributed by atoms with Gasteiger partial charge in [0.1, 0.15) is 6.04 Å². The standard InChI is InChI=1S/C38H43BrN4O7/c1-4-6-20-40-36(45)35(28-16-19-30-31(22-28)50-24-49-30)43(23-26-11-8-7-9-12-26)32(44)13-10-21-42-25(3)33(37(46)48-5-2)34(41-38(42)47)27-14-17-29(39)18-15-27/h7-9,11-12,14-19,22,34-35H,4-6,10,13,20-21,23-24H2,1-3H3,(H,40,45)(H,41,47). The molecule has 11 nitrogen and oxygen atoms in total. The predicted molar refractivity (Wildman–Crippen MR) is 191 cm³/mol. The summed E-state index contributed by atoms with van der Waals surface area (Å²) in [5.41, 5.74) is 2.99. The number of fused-ring (bicyclic) bond motifs is 1. The minimum absolute atomic E-state index is 0.0397. The number of carbonyl (C=O) groups excluding carboxylic acids is 4. The average Bonchev–Trinajstić information content (AvgIpc) is 3.58. The Morgan fingerprint density at radius 3 is 2.48 bits per heavy atom. The lowest BCUT2D eigenvalue weighted by molar-refractivity contribution is -0.141. The first-order chi connectivity index (χ1) is 24.2. The van der Waals surface area contributed by atoms with Crippen molar-refractivity contribution < 1.29 is 33.4 Å². The summed E-state index contributed by atoms with van der Waals surface area (Å²) in [5.74, 6) is 0.00732. The van der Waals surface area contributed by atoms with E-state index >= 15 is 0 Å². The monoisotopic (exact) mass is 746 g/mol. The van der Waals surface area contributed by atoms with E-state index in [1.807, 2.05) is 61.5 Å². The smallest absolute Gasteiger partial charge is 0.338 e. The molecule has 2 aliphatic rings. The van der Waals surface area contributed by atoms with Gasteiger partial charge < -0.3 is 29.7 Å². The van der Waals surface area contributed by atoms with Crippen molar-refractivity contribution in [3.8, 4) is 11.5 Å². The highest BCUT2D eigenvalue weighted by Crippen LogP contribution is 2.37. The number of urea groups is 1. The number of nitrogens with one attached hydrogen (secondary N) is 2. The second-order valence-electron chi connectivity index (χ2n) is 12.1. The largest absolute Gasteiger partial charge is 0.463 e. The van der Waals surface area contributed by atoms with Gasteiger partial charge in [0, 0.05) is 36.2 Å². The molecule has 0 radical (unpaired) electrons. The van der Waals surface area contributed by atoms with Crippen LogP contribution in [0.4, 0.5) is 4.79 Å². The highest BCUT2D eigenvalue weighted by Gasteiger charge is 2.37. The maximum absolute atomic E-state index is 14.2. The molecule has 0 saturated heterocycles. The molecule has 0 aromatic heterocycles. The number of amides is 4. The van der Waals surface area contributed by atoms with Gasteiger partial charge in [-0.15, -0.1) is 0 Å². The van der Waals surface area contributed by atoms with Crippen LogP contribution in [0.1, 0.15) is 75.2 Å². The summed E-state index contributed by atoms with van der Waals surface area (Å²) in [5, 5.41) is 5.98. The Labute approximate surface area is 301 Å². The van der Waals surface area contributed by atoms with E-state index in [9.17, 15) is 19.2 Å². The van der Waals surface area contributed by atoms with Gasteiger partial charge in [-0.2, -0.15) is 0 Å². The van der Waals surface area contributed by atoms with Gasteiger partial charge in [-0.25, -0.2) is 9.59 Å². The topological polar surface area (TPSA) is 127 Å². The van der Waals surface area contributed by atoms with Crippen LogP contribution in [0.2, 0.25) is 0 Å². The molecule has 12 heteroatoms. The van der Waals surface area contributed by atoms with Crippen molar-refractivity contribution in [3.05, 3.63) is 105 Å². The summed E-state index contributed by atoms with van der Waals surface area (Å²) in [4.78, 5) is 57.9. The quantitative estimate of drug-likeness (QED) is 0.134. The van der Waals surface area contributed by atoms with Gasteiger partial charge >= 0.3 is 12.0 Å². The van der Waals surface area contributed by atoms with Crippen LogP contribution in [0.15, 0.2) is 88.5 Å². The van der Waals surface area contributed by atoms with Crippen molar-refractivity contribution in [3.63, 3.8) is 0 Å². The number of allylic oxidation sites excluding steroid dienone is 1. The third-order valence-corrected chi connectivity index (χ3v) is 9.21. The van der Waals surface area contributed by atoms with Crippen LogP contribution < -0.4 is 20.1 Å². The number of benzene rings is 3. The number of esters is 1. The first kappa shape index (κ1) is 36.4. The van der Waals surface area contributed by atoms with E-state index in [4.69, 9.17) is 14.2 Å². The van der Waals surface area contributed by atoms with Gasteiger partial charge in [0.2, 0.25) is 18.6 Å². The minimum atomic E-state index is -0.948. The Bertz CT molecular complexity index is 1710. The summed E-state index contributed by atoms with van der Waals surface area (Å²) in [6.45, 7) is 6.58. The van der Waals surface area contributed by atoms with Gasteiger partial charge in [0.05, 0.1) is 18.2 Å². The lowest BCUT2D eigenvalue weighted by Gasteiger charge is -2.36. The molecular formula is C38H43BrN4O7. The lowest BCUT2D eigenvalue weighted by atomic mass is 9.95. The molecular weight excluding hydrogens is 704 g/mol. The molecule has 2 aliphatic heterocycles. The van der Waals surface area contributed by atoms with Crippen LogP contribution in [0.25, 0.3) is 0 Å². The Kier molecular flexibility index (Phi) is 12.5. The molecule has 3 aromatic carbocycles. The number of hydrogen-bond donors (Lipinski definition) is 2. The molecule has 2 atom stereocenters. The fourth-order valence-corrected chi connectivity index (χ4v) is 6.37. The zero-order chi connectivity index (χ0) is 35.6. The summed E-state index contributed by atoms with van der Waals surface area (Å²) < 4.78 is 17.4. The average molecular weight is 748 g/mol. The molecule has 0 spiro atoms. The minimum Gasteiger partial charge on any atom is -0.463 e. The number of carbonyl (C=O) groups is 4. The van der Waals surface area contributed by atoms with E-state index in [2.05, 4.69) is 26.6 Å². The number of halogens is 1. The molecule has 0 bridgehead atoms. The van der Waals surface area contributed by atoms with Crippen molar-refractivity contribution in [2.45, 2.75) is 65.1 Å². The van der Waals surface area contributed by atoms with Crippen LogP contribution in [0.3, 0.4) is 0 Å². The van der Waals surface area contributed by atoms with Crippen molar-refractivity contribution in [1.82, 2.24) is 20.4 Å². The van der Waals surface area contributed by atoms with E-state index in [1.165, 1.54) is 4.90 Å². The lowest BCUT2D eigenvalue weighted by Crippen LogP contribution is -2.48. The highest BCUT2D eigenvalue weighted by molar-refractivity contribution is 9.10. The molecule has 264 valence electrons. The first-order valence-corrected chi connectivity index (χ1v) is 17.7. The zero-order valence-corrected chi connectivity index (χ0v) is 30.2. The third-order valence-electron chi connectivity index (χ3n) is 8.69. The summed E-state index contributed by atoms with van der Waals surface area (Å²) in [7, 11) is 0. The third kappa shape index (κ3) is 8.65. The van der Waals surface area contributed by atoms with Crippen LogP contribution in [0, 0.1) is 0 Å². The molecule has 2 heterocycles. The van der Waals surface area contributed by atoms with Gasteiger partial charge in [0.15, 0.2) is 11.5 Å². The Balaban J connectivity index is 1.40. The SMILES string of the molecule is CCCCNC(=O)C(c1ccc2c(c1)OCO2)N(Cc1ccccc1)C(=O)CCCN1C(=O)NC(c2ccc(Br)cc2)C(C(=O)OCC)=C1C. The number of hydrogen-bond acceptors (Lipinski definition) is 7. The van der Waals surface area contributed by atoms with E-state index in [-0.39, 0.29) is 57.2 Å². The van der Waals surface area contributed by atoms with Crippen molar-refractivity contribution in [2.75, 3.05) is 26.5 Å². The fraction of sp³-hybridized carbons (Fsp3) is 0.368. The second kappa shape index (κ2) is 17.2. The van der Waals surface area contributed by atoms with E-state index in [0.29, 0.717) is 34.9 Å². The van der Waals surface area contributed by atoms with Gasteiger partial charge in [-0.3, -0.25) is 14.5 Å². The van der Waals surface area contributed by atoms with Crippen LogP contribution in [-0.2, 0) is 25.7 Å². The molecule has 0 fully saturated rings. The van der Waals surface area contributed by atoms with Crippen LogP contribution in [-0.4, -0.2) is 60.1 Å². The predicted octanol–water partition coefficient (Wildman–Crippen LogP) is 6.55. The van der Waals surface area contributed by atoms with Crippen LogP contribution >= 0.6 is 15.9 Å². The molecule has 5 rings (SSSR count). The second-order valence-corrected chi connectivity index (χ2v) is 13.0. The molecule has 0 saturated carbocycles. The maximum atomic E-state index is 14.2. The first-order valence-electron chi connectivity index (χ1n) is 16.9. The zero-order valence-electron chi connectivity index (χ0n) is 28.6. The van der Waals surface area contributed by atoms with E-state index in [1.54, 1.807) is 36.9 Å². The molecule has 0 aliphatic carbocycles. The van der Waals surface area contributed by atoms with E-state index in [0.717, 1.165) is 28.4 Å². The summed E-state index contributed by atoms with van der Waals surface area (Å²) in [6, 6.07) is 20.1. The van der Waals surface area contributed by atoms with Crippen molar-refractivity contribution >= 4 is 39.7 Å². The molecule has 2 N–H and O–H groups in total. The Hall–Kier alpha value is -4.84. The van der Waals surface area contributed by atoms with Crippen molar-refractivity contribution in [1.29, 1.82) is 0 Å².